The maximum absolute atomic E-state index is 11.4. The van der Waals surface area contributed by atoms with E-state index in [1.165, 1.54) is 6.20 Å². The number of amides is 1. The van der Waals surface area contributed by atoms with Gasteiger partial charge in [-0.05, 0) is 25.3 Å². The molecule has 18 heavy (non-hydrogen) atoms. The molecular formula is C12H15N5O. The van der Waals surface area contributed by atoms with Crippen molar-refractivity contribution in [3.8, 4) is 6.07 Å². The number of nitriles is 1. The summed E-state index contributed by atoms with van der Waals surface area (Å²) in [6.45, 7) is 0.705. The SMILES string of the molecule is N#Cc1cnc(N2CCCCC2C(N)=O)c(N)c1. The van der Waals surface area contributed by atoms with Crippen LogP contribution in [0.4, 0.5) is 11.5 Å². The highest BCUT2D eigenvalue weighted by molar-refractivity contribution is 5.84. The Hall–Kier alpha value is -2.29. The maximum Gasteiger partial charge on any atom is 0.240 e. The van der Waals surface area contributed by atoms with E-state index in [1.807, 2.05) is 11.0 Å². The molecule has 1 aliphatic rings. The first-order valence-corrected chi connectivity index (χ1v) is 5.85. The van der Waals surface area contributed by atoms with Gasteiger partial charge >= 0.3 is 0 Å². The highest BCUT2D eigenvalue weighted by Crippen LogP contribution is 2.27. The monoisotopic (exact) mass is 245 g/mol. The van der Waals surface area contributed by atoms with Gasteiger partial charge in [0.15, 0.2) is 5.82 Å². The number of aromatic nitrogens is 1. The van der Waals surface area contributed by atoms with E-state index in [0.717, 1.165) is 19.3 Å². The summed E-state index contributed by atoms with van der Waals surface area (Å²) < 4.78 is 0. The number of nitrogens with two attached hydrogens (primary N) is 2. The molecule has 1 aliphatic heterocycles. The zero-order valence-electron chi connectivity index (χ0n) is 9.97. The van der Waals surface area contributed by atoms with Crippen LogP contribution in [0, 0.1) is 11.3 Å². The molecule has 0 saturated carbocycles. The summed E-state index contributed by atoms with van der Waals surface area (Å²) >= 11 is 0. The summed E-state index contributed by atoms with van der Waals surface area (Å²) in [6, 6.07) is 3.18. The number of nitrogens with zero attached hydrogens (tertiary/aromatic N) is 3. The third kappa shape index (κ3) is 2.20. The number of carbonyl (C=O) groups excluding carboxylic acids is 1. The molecule has 94 valence electrons. The number of nitrogen functional groups attached to an aromatic ring is 1. The Labute approximate surface area is 105 Å². The molecule has 1 atom stereocenters. The topological polar surface area (TPSA) is 109 Å². The molecular weight excluding hydrogens is 230 g/mol. The number of hydrogen-bond donors (Lipinski definition) is 2. The van der Waals surface area contributed by atoms with E-state index in [-0.39, 0.29) is 11.9 Å². The molecule has 1 saturated heterocycles. The van der Waals surface area contributed by atoms with E-state index in [0.29, 0.717) is 23.6 Å². The van der Waals surface area contributed by atoms with Gasteiger partial charge in [0.05, 0.1) is 11.3 Å². The van der Waals surface area contributed by atoms with Crippen LogP contribution in [-0.2, 0) is 4.79 Å². The zero-order chi connectivity index (χ0) is 13.1. The van der Waals surface area contributed by atoms with Gasteiger partial charge in [-0.15, -0.1) is 0 Å². The summed E-state index contributed by atoms with van der Waals surface area (Å²) in [5, 5.41) is 8.77. The largest absolute Gasteiger partial charge is 0.396 e. The molecule has 0 aliphatic carbocycles. The quantitative estimate of drug-likeness (QED) is 0.782. The fourth-order valence-electron chi connectivity index (χ4n) is 2.26. The van der Waals surface area contributed by atoms with Crippen molar-refractivity contribution in [3.63, 3.8) is 0 Å². The Kier molecular flexibility index (Phi) is 3.33. The minimum atomic E-state index is -0.361. The molecule has 6 heteroatoms. The lowest BCUT2D eigenvalue weighted by atomic mass is 10.0. The summed E-state index contributed by atoms with van der Waals surface area (Å²) in [5.74, 6) is 0.178. The number of carbonyl (C=O) groups is 1. The van der Waals surface area contributed by atoms with Crippen LogP contribution in [0.3, 0.4) is 0 Å². The second-order valence-corrected chi connectivity index (χ2v) is 4.36. The Morgan fingerprint density at radius 2 is 2.33 bits per heavy atom. The Bertz CT molecular complexity index is 508. The number of pyridine rings is 1. The lowest BCUT2D eigenvalue weighted by Crippen LogP contribution is -2.48. The fourth-order valence-corrected chi connectivity index (χ4v) is 2.26. The van der Waals surface area contributed by atoms with Crippen LogP contribution < -0.4 is 16.4 Å². The molecule has 0 radical (unpaired) electrons. The predicted molar refractivity (Wildman–Crippen MR) is 67.5 cm³/mol. The third-order valence-corrected chi connectivity index (χ3v) is 3.13. The number of piperidine rings is 1. The smallest absolute Gasteiger partial charge is 0.240 e. The van der Waals surface area contributed by atoms with E-state index in [9.17, 15) is 4.79 Å². The molecule has 0 aromatic carbocycles. The Morgan fingerprint density at radius 3 is 2.94 bits per heavy atom. The summed E-state index contributed by atoms with van der Waals surface area (Å²) in [5.41, 5.74) is 12.1. The summed E-state index contributed by atoms with van der Waals surface area (Å²) in [6.07, 6.45) is 4.12. The van der Waals surface area contributed by atoms with Gasteiger partial charge in [-0.3, -0.25) is 4.79 Å². The van der Waals surface area contributed by atoms with Crippen molar-refractivity contribution in [1.82, 2.24) is 4.98 Å². The minimum absolute atomic E-state index is 0.360. The minimum Gasteiger partial charge on any atom is -0.396 e. The highest BCUT2D eigenvalue weighted by Gasteiger charge is 2.29. The predicted octanol–water partition coefficient (Wildman–Crippen LogP) is 0.380. The van der Waals surface area contributed by atoms with Crippen molar-refractivity contribution in [2.45, 2.75) is 25.3 Å². The molecule has 0 spiro atoms. The van der Waals surface area contributed by atoms with Crippen LogP contribution in [0.2, 0.25) is 0 Å². The van der Waals surface area contributed by atoms with Crippen LogP contribution in [0.25, 0.3) is 0 Å². The van der Waals surface area contributed by atoms with E-state index in [4.69, 9.17) is 16.7 Å². The van der Waals surface area contributed by atoms with Crippen molar-refractivity contribution < 1.29 is 4.79 Å². The molecule has 0 bridgehead atoms. The normalized spacial score (nSPS) is 19.3. The van der Waals surface area contributed by atoms with Gasteiger partial charge in [0, 0.05) is 12.7 Å². The molecule has 1 fully saturated rings. The number of rotatable bonds is 2. The third-order valence-electron chi connectivity index (χ3n) is 3.13. The van der Waals surface area contributed by atoms with Gasteiger partial charge in [-0.25, -0.2) is 4.98 Å². The summed E-state index contributed by atoms with van der Waals surface area (Å²) in [7, 11) is 0. The van der Waals surface area contributed by atoms with Crippen molar-refractivity contribution in [2.75, 3.05) is 17.2 Å². The first-order chi connectivity index (χ1) is 8.63. The molecule has 1 aromatic heterocycles. The fraction of sp³-hybridized carbons (Fsp3) is 0.417. The van der Waals surface area contributed by atoms with Gasteiger partial charge in [0.25, 0.3) is 0 Å². The Morgan fingerprint density at radius 1 is 1.56 bits per heavy atom. The van der Waals surface area contributed by atoms with E-state index >= 15 is 0 Å². The zero-order valence-corrected chi connectivity index (χ0v) is 9.97. The number of primary amides is 1. The number of anilines is 2. The maximum atomic E-state index is 11.4. The average Bonchev–Trinajstić information content (AvgIpc) is 2.38. The average molecular weight is 245 g/mol. The highest BCUT2D eigenvalue weighted by atomic mass is 16.1. The molecule has 6 nitrogen and oxygen atoms in total. The lowest BCUT2D eigenvalue weighted by molar-refractivity contribution is -0.119. The van der Waals surface area contributed by atoms with Crippen molar-refractivity contribution >= 4 is 17.4 Å². The van der Waals surface area contributed by atoms with Crippen LogP contribution in [-0.4, -0.2) is 23.5 Å². The van der Waals surface area contributed by atoms with E-state index < -0.39 is 0 Å². The molecule has 1 amide bonds. The standard InChI is InChI=1S/C12H15N5O/c13-6-8-5-9(14)12(16-7-8)17-4-2-1-3-10(17)11(15)18/h5,7,10H,1-4,14H2,(H2,15,18). The second-order valence-electron chi connectivity index (χ2n) is 4.36. The van der Waals surface area contributed by atoms with Crippen LogP contribution in [0.5, 0.6) is 0 Å². The van der Waals surface area contributed by atoms with Crippen LogP contribution in [0.15, 0.2) is 12.3 Å². The van der Waals surface area contributed by atoms with Crippen LogP contribution in [0.1, 0.15) is 24.8 Å². The van der Waals surface area contributed by atoms with Crippen molar-refractivity contribution in [2.24, 2.45) is 5.73 Å². The summed E-state index contributed by atoms with van der Waals surface area (Å²) in [4.78, 5) is 17.4. The van der Waals surface area contributed by atoms with Crippen LogP contribution >= 0.6 is 0 Å². The molecule has 1 unspecified atom stereocenters. The lowest BCUT2D eigenvalue weighted by Gasteiger charge is -2.35. The Balaban J connectivity index is 2.34. The first kappa shape index (κ1) is 12.2. The van der Waals surface area contributed by atoms with E-state index in [1.54, 1.807) is 6.07 Å². The molecule has 4 N–H and O–H groups in total. The van der Waals surface area contributed by atoms with Gasteiger partial charge in [-0.1, -0.05) is 0 Å². The molecule has 2 rings (SSSR count). The van der Waals surface area contributed by atoms with Gasteiger partial charge < -0.3 is 16.4 Å². The molecule has 1 aromatic rings. The second kappa shape index (κ2) is 4.92. The van der Waals surface area contributed by atoms with Gasteiger partial charge in [0.2, 0.25) is 5.91 Å². The van der Waals surface area contributed by atoms with Crippen molar-refractivity contribution in [3.05, 3.63) is 17.8 Å². The van der Waals surface area contributed by atoms with Gasteiger partial charge in [0.1, 0.15) is 12.1 Å². The number of hydrogen-bond acceptors (Lipinski definition) is 5. The molecule has 2 heterocycles. The van der Waals surface area contributed by atoms with Crippen molar-refractivity contribution in [1.29, 1.82) is 5.26 Å². The van der Waals surface area contributed by atoms with E-state index in [2.05, 4.69) is 4.98 Å². The van der Waals surface area contributed by atoms with Gasteiger partial charge in [-0.2, -0.15) is 5.26 Å². The first-order valence-electron chi connectivity index (χ1n) is 5.85.